The number of hydrogen-bond donors (Lipinski definition) is 1. The molecule has 3 nitrogen and oxygen atoms in total. The van der Waals surface area contributed by atoms with Gasteiger partial charge >= 0.3 is 6.09 Å². The number of carbonyl (C=O) groups is 1. The minimum Gasteiger partial charge on any atom is -0.356 e. The number of hydrogen-bond acceptors (Lipinski definition) is 2. The fraction of sp³-hybridized carbons (Fsp3) is 0.571. The highest BCUT2D eigenvalue weighted by Gasteiger charge is 1.93. The molecule has 1 amide bonds. The molecule has 0 radical (unpaired) electrons. The first-order valence-electron chi connectivity index (χ1n) is 3.23. The van der Waals surface area contributed by atoms with Crippen LogP contribution in [0.1, 0.15) is 20.3 Å². The Hall–Kier alpha value is -1.17. The number of carbonyl (C=O) groups excluding carboxylic acids is 1. The van der Waals surface area contributed by atoms with E-state index >= 15 is 0 Å². The first-order chi connectivity index (χ1) is 4.81. The quantitative estimate of drug-likeness (QED) is 0.555. The topological polar surface area (TPSA) is 38.3 Å². The van der Waals surface area contributed by atoms with Gasteiger partial charge in [-0.3, -0.25) is 0 Å². The van der Waals surface area contributed by atoms with Crippen LogP contribution in [0.2, 0.25) is 0 Å². The van der Waals surface area contributed by atoms with Crippen LogP contribution in [0, 0.1) is 12.0 Å². The van der Waals surface area contributed by atoms with Crippen molar-refractivity contribution in [2.45, 2.75) is 20.3 Å². The predicted octanol–water partition coefficient (Wildman–Crippen LogP) is 1.10. The summed E-state index contributed by atoms with van der Waals surface area (Å²) in [5.41, 5.74) is 0. The maximum absolute atomic E-state index is 10.5. The van der Waals surface area contributed by atoms with E-state index in [1.54, 1.807) is 0 Å². The number of nitrogens with one attached hydrogen (secondary N) is 1. The van der Waals surface area contributed by atoms with Gasteiger partial charge in [0.2, 0.25) is 0 Å². The Balaban J connectivity index is 3.39. The maximum Gasteiger partial charge on any atom is 0.421 e. The van der Waals surface area contributed by atoms with Crippen molar-refractivity contribution in [3.05, 3.63) is 0 Å². The summed E-state index contributed by atoms with van der Waals surface area (Å²) in [6.45, 7) is 4.26. The lowest BCUT2D eigenvalue weighted by Crippen LogP contribution is -2.21. The number of alkyl carbamates (subject to hydrolysis) is 1. The zero-order valence-electron chi connectivity index (χ0n) is 6.23. The third-order valence-corrected chi connectivity index (χ3v) is 0.714. The molecule has 0 heterocycles. The monoisotopic (exact) mass is 141 g/mol. The van der Waals surface area contributed by atoms with Crippen LogP contribution in [0.3, 0.4) is 0 Å². The second-order valence-electron chi connectivity index (χ2n) is 1.55. The van der Waals surface area contributed by atoms with E-state index in [0.29, 0.717) is 13.0 Å². The smallest absolute Gasteiger partial charge is 0.356 e. The van der Waals surface area contributed by atoms with E-state index in [1.807, 2.05) is 13.8 Å². The number of rotatable bonds is 1. The molecule has 0 bridgehead atoms. The van der Waals surface area contributed by atoms with Gasteiger partial charge in [-0.1, -0.05) is 12.8 Å². The Morgan fingerprint density at radius 3 is 2.80 bits per heavy atom. The Morgan fingerprint density at radius 1 is 1.60 bits per heavy atom. The van der Waals surface area contributed by atoms with E-state index in [-0.39, 0.29) is 0 Å². The van der Waals surface area contributed by atoms with Gasteiger partial charge in [0.15, 0.2) is 0 Å². The summed E-state index contributed by atoms with van der Waals surface area (Å²) in [6, 6.07) is 0. The van der Waals surface area contributed by atoms with Gasteiger partial charge in [-0.2, -0.15) is 0 Å². The van der Waals surface area contributed by atoms with Crippen molar-refractivity contribution in [3.8, 4) is 12.0 Å². The molecule has 3 heteroatoms. The van der Waals surface area contributed by atoms with Crippen LogP contribution in [-0.2, 0) is 4.74 Å². The zero-order valence-corrected chi connectivity index (χ0v) is 6.23. The molecule has 0 rings (SSSR count). The van der Waals surface area contributed by atoms with Crippen molar-refractivity contribution in [2.24, 2.45) is 0 Å². The molecule has 0 saturated carbocycles. The second-order valence-corrected chi connectivity index (χ2v) is 1.55. The first-order valence-corrected chi connectivity index (χ1v) is 3.23. The van der Waals surface area contributed by atoms with E-state index in [4.69, 9.17) is 0 Å². The fourth-order valence-corrected chi connectivity index (χ4v) is 0.335. The zero-order chi connectivity index (χ0) is 7.82. The standard InChI is InChI=1S/C7H11NO2/c1-3-5-6-10-7(9)8-4-2/h3-4H2,1-2H3,(H,8,9). The molecule has 0 aromatic rings. The summed E-state index contributed by atoms with van der Waals surface area (Å²) in [5.74, 6) is 2.60. The van der Waals surface area contributed by atoms with Gasteiger partial charge < -0.3 is 10.1 Å². The normalized spacial score (nSPS) is 7.40. The van der Waals surface area contributed by atoms with Crippen molar-refractivity contribution in [1.29, 1.82) is 0 Å². The van der Waals surface area contributed by atoms with Crippen LogP contribution in [0.5, 0.6) is 0 Å². The van der Waals surface area contributed by atoms with E-state index in [2.05, 4.69) is 22.1 Å². The molecular weight excluding hydrogens is 130 g/mol. The molecule has 1 N–H and O–H groups in total. The lowest BCUT2D eigenvalue weighted by molar-refractivity contribution is 0.192. The molecule has 0 aliphatic rings. The van der Waals surface area contributed by atoms with Crippen molar-refractivity contribution in [2.75, 3.05) is 6.54 Å². The van der Waals surface area contributed by atoms with Crippen LogP contribution >= 0.6 is 0 Å². The maximum atomic E-state index is 10.5. The van der Waals surface area contributed by atoms with E-state index < -0.39 is 6.09 Å². The Labute approximate surface area is 60.8 Å². The van der Waals surface area contributed by atoms with Gasteiger partial charge in [-0.25, -0.2) is 4.79 Å². The van der Waals surface area contributed by atoms with Gasteiger partial charge in [0.05, 0.1) is 0 Å². The fourth-order valence-electron chi connectivity index (χ4n) is 0.335. The van der Waals surface area contributed by atoms with Gasteiger partial charge in [0, 0.05) is 13.0 Å². The Kier molecular flexibility index (Phi) is 5.26. The summed E-state index contributed by atoms with van der Waals surface area (Å²) in [7, 11) is 0. The highest BCUT2D eigenvalue weighted by Crippen LogP contribution is 1.74. The average Bonchev–Trinajstić information content (AvgIpc) is 1.89. The molecular formula is C7H11NO2. The summed E-state index contributed by atoms with van der Waals surface area (Å²) >= 11 is 0. The highest BCUT2D eigenvalue weighted by molar-refractivity contribution is 5.68. The van der Waals surface area contributed by atoms with Crippen LogP contribution in [0.15, 0.2) is 0 Å². The van der Waals surface area contributed by atoms with E-state index in [0.717, 1.165) is 0 Å². The molecule has 0 aliphatic heterocycles. The Morgan fingerprint density at radius 2 is 2.30 bits per heavy atom. The Bertz CT molecular complexity index is 155. The SMILES string of the molecule is CCC#COC(=O)NCC. The molecule has 0 unspecified atom stereocenters. The summed E-state index contributed by atoms with van der Waals surface area (Å²) in [4.78, 5) is 10.5. The van der Waals surface area contributed by atoms with Gasteiger partial charge in [0.1, 0.15) is 6.11 Å². The molecule has 10 heavy (non-hydrogen) atoms. The van der Waals surface area contributed by atoms with Gasteiger partial charge in [-0.05, 0) is 6.92 Å². The van der Waals surface area contributed by atoms with Crippen molar-refractivity contribution in [3.63, 3.8) is 0 Å². The lowest BCUT2D eigenvalue weighted by atomic mass is 10.5. The van der Waals surface area contributed by atoms with E-state index in [1.165, 1.54) is 0 Å². The van der Waals surface area contributed by atoms with Crippen molar-refractivity contribution >= 4 is 6.09 Å². The first kappa shape index (κ1) is 8.83. The summed E-state index contributed by atoms with van der Waals surface area (Å²) in [6.07, 6.45) is 2.47. The third kappa shape index (κ3) is 4.98. The average molecular weight is 141 g/mol. The van der Waals surface area contributed by atoms with Crippen LogP contribution in [-0.4, -0.2) is 12.6 Å². The van der Waals surface area contributed by atoms with Crippen LogP contribution in [0.25, 0.3) is 0 Å². The minimum atomic E-state index is -0.483. The predicted molar refractivity (Wildman–Crippen MR) is 38.2 cm³/mol. The highest BCUT2D eigenvalue weighted by atomic mass is 16.5. The van der Waals surface area contributed by atoms with E-state index in [9.17, 15) is 4.79 Å². The summed E-state index contributed by atoms with van der Waals surface area (Å²) < 4.78 is 4.41. The van der Waals surface area contributed by atoms with Crippen molar-refractivity contribution in [1.82, 2.24) is 5.32 Å². The molecule has 0 aromatic carbocycles. The molecule has 0 fully saturated rings. The lowest BCUT2D eigenvalue weighted by Gasteiger charge is -1.94. The molecule has 56 valence electrons. The molecule has 0 aliphatic carbocycles. The van der Waals surface area contributed by atoms with Crippen LogP contribution in [0.4, 0.5) is 4.79 Å². The minimum absolute atomic E-state index is 0.483. The van der Waals surface area contributed by atoms with Gasteiger partial charge in [-0.15, -0.1) is 0 Å². The largest absolute Gasteiger partial charge is 0.421 e. The number of ether oxygens (including phenoxy) is 1. The molecule has 0 aromatic heterocycles. The molecule has 0 saturated heterocycles. The van der Waals surface area contributed by atoms with Gasteiger partial charge in [0.25, 0.3) is 0 Å². The molecule has 0 atom stereocenters. The number of amides is 1. The third-order valence-electron chi connectivity index (χ3n) is 0.714. The summed E-state index contributed by atoms with van der Waals surface area (Å²) in [5, 5.41) is 2.44. The second kappa shape index (κ2) is 5.96. The van der Waals surface area contributed by atoms with Crippen molar-refractivity contribution < 1.29 is 9.53 Å². The molecule has 0 spiro atoms. The van der Waals surface area contributed by atoms with Crippen LogP contribution < -0.4 is 5.32 Å².